The third-order valence-electron chi connectivity index (χ3n) is 3.10. The predicted molar refractivity (Wildman–Crippen MR) is 73.5 cm³/mol. The van der Waals surface area contributed by atoms with E-state index in [0.717, 1.165) is 11.3 Å². The third kappa shape index (κ3) is 3.94. The number of aliphatic hydroxyl groups is 2. The van der Waals surface area contributed by atoms with E-state index in [1.165, 1.54) is 0 Å². The zero-order chi connectivity index (χ0) is 14.3. The number of carboxylic acid groups (broad SMARTS) is 1. The Morgan fingerprint density at radius 3 is 2.26 bits per heavy atom. The molecule has 0 amide bonds. The van der Waals surface area contributed by atoms with Gasteiger partial charge in [0.25, 0.3) is 0 Å². The first-order valence-electron chi connectivity index (χ1n) is 6.44. The summed E-state index contributed by atoms with van der Waals surface area (Å²) in [6.07, 6.45) is 0.498. The summed E-state index contributed by atoms with van der Waals surface area (Å²) in [5, 5.41) is 27.4. The average molecular weight is 267 g/mol. The molecule has 0 saturated carbocycles. The van der Waals surface area contributed by atoms with Crippen LogP contribution in [-0.2, 0) is 4.79 Å². The Kier molecular flexibility index (Phi) is 6.32. The van der Waals surface area contributed by atoms with Crippen LogP contribution in [0.15, 0.2) is 24.3 Å². The molecule has 0 aliphatic heterocycles. The Morgan fingerprint density at radius 2 is 1.79 bits per heavy atom. The highest BCUT2D eigenvalue weighted by Crippen LogP contribution is 2.29. The molecule has 1 aromatic rings. The number of carboxylic acids is 1. The predicted octanol–water partition coefficient (Wildman–Crippen LogP) is 1.06. The van der Waals surface area contributed by atoms with Crippen LogP contribution in [0.2, 0.25) is 0 Å². The fourth-order valence-corrected chi connectivity index (χ4v) is 2.19. The number of anilines is 1. The minimum Gasteiger partial charge on any atom is -0.481 e. The van der Waals surface area contributed by atoms with Gasteiger partial charge in [0.2, 0.25) is 0 Å². The lowest BCUT2D eigenvalue weighted by Crippen LogP contribution is -2.31. The summed E-state index contributed by atoms with van der Waals surface area (Å²) < 4.78 is 0. The Balaban J connectivity index is 3.14. The van der Waals surface area contributed by atoms with Crippen LogP contribution < -0.4 is 4.90 Å². The van der Waals surface area contributed by atoms with Gasteiger partial charge in [-0.15, -0.1) is 0 Å². The SMILES string of the molecule is CCC(C(=O)O)c1ccccc1N(CCO)CCO. The van der Waals surface area contributed by atoms with E-state index < -0.39 is 11.9 Å². The number of benzene rings is 1. The van der Waals surface area contributed by atoms with Crippen molar-refractivity contribution in [2.45, 2.75) is 19.3 Å². The van der Waals surface area contributed by atoms with Gasteiger partial charge in [0.05, 0.1) is 19.1 Å². The summed E-state index contributed by atoms with van der Waals surface area (Å²) in [6, 6.07) is 7.25. The van der Waals surface area contributed by atoms with Gasteiger partial charge in [-0.05, 0) is 18.1 Å². The largest absolute Gasteiger partial charge is 0.481 e. The summed E-state index contributed by atoms with van der Waals surface area (Å²) in [4.78, 5) is 13.1. The maximum Gasteiger partial charge on any atom is 0.311 e. The van der Waals surface area contributed by atoms with E-state index in [0.29, 0.717) is 19.5 Å². The van der Waals surface area contributed by atoms with Gasteiger partial charge >= 0.3 is 5.97 Å². The number of hydrogen-bond acceptors (Lipinski definition) is 4. The molecule has 5 nitrogen and oxygen atoms in total. The second-order valence-corrected chi connectivity index (χ2v) is 4.29. The van der Waals surface area contributed by atoms with E-state index in [4.69, 9.17) is 10.2 Å². The molecule has 0 bridgehead atoms. The number of hydrogen-bond donors (Lipinski definition) is 3. The number of rotatable bonds is 8. The van der Waals surface area contributed by atoms with Crippen LogP contribution in [0.25, 0.3) is 0 Å². The minimum atomic E-state index is -0.858. The Hall–Kier alpha value is -1.59. The normalized spacial score (nSPS) is 12.2. The maximum absolute atomic E-state index is 11.3. The molecule has 19 heavy (non-hydrogen) atoms. The number of aliphatic hydroxyl groups excluding tert-OH is 2. The lowest BCUT2D eigenvalue weighted by Gasteiger charge is -2.27. The Morgan fingerprint density at radius 1 is 1.21 bits per heavy atom. The van der Waals surface area contributed by atoms with Gasteiger partial charge in [-0.3, -0.25) is 4.79 Å². The van der Waals surface area contributed by atoms with Gasteiger partial charge < -0.3 is 20.2 Å². The van der Waals surface area contributed by atoms with Crippen molar-refractivity contribution in [2.75, 3.05) is 31.2 Å². The van der Waals surface area contributed by atoms with Gasteiger partial charge in [0.1, 0.15) is 0 Å². The van der Waals surface area contributed by atoms with Crippen LogP contribution in [0.3, 0.4) is 0 Å². The minimum absolute atomic E-state index is 0.0435. The van der Waals surface area contributed by atoms with Gasteiger partial charge in [0, 0.05) is 18.8 Å². The topological polar surface area (TPSA) is 81.0 Å². The molecule has 3 N–H and O–H groups in total. The second kappa shape index (κ2) is 7.76. The maximum atomic E-state index is 11.3. The summed E-state index contributed by atoms with van der Waals surface area (Å²) in [5.74, 6) is -1.43. The molecule has 1 unspecified atom stereocenters. The van der Waals surface area contributed by atoms with Crippen molar-refractivity contribution in [1.82, 2.24) is 0 Å². The lowest BCUT2D eigenvalue weighted by molar-refractivity contribution is -0.138. The average Bonchev–Trinajstić information content (AvgIpc) is 2.39. The number of aliphatic carboxylic acids is 1. The first-order chi connectivity index (χ1) is 9.15. The molecular weight excluding hydrogens is 246 g/mol. The Labute approximate surface area is 113 Å². The van der Waals surface area contributed by atoms with Crippen molar-refractivity contribution in [3.05, 3.63) is 29.8 Å². The van der Waals surface area contributed by atoms with Crippen molar-refractivity contribution in [2.24, 2.45) is 0 Å². The highest BCUT2D eigenvalue weighted by Gasteiger charge is 2.22. The molecule has 106 valence electrons. The standard InChI is InChI=1S/C14H21NO4/c1-2-11(14(18)19)12-5-3-4-6-13(12)15(7-9-16)8-10-17/h3-6,11,16-17H,2,7-10H2,1H3,(H,18,19). The van der Waals surface area contributed by atoms with Crippen molar-refractivity contribution < 1.29 is 20.1 Å². The zero-order valence-corrected chi connectivity index (χ0v) is 11.1. The molecule has 0 radical (unpaired) electrons. The molecule has 0 aliphatic rings. The zero-order valence-electron chi connectivity index (χ0n) is 11.1. The van der Waals surface area contributed by atoms with Crippen molar-refractivity contribution in [1.29, 1.82) is 0 Å². The molecule has 0 fully saturated rings. The summed E-state index contributed by atoms with van der Waals surface area (Å²) in [5.41, 5.74) is 1.49. The molecule has 0 saturated heterocycles. The van der Waals surface area contributed by atoms with E-state index in [9.17, 15) is 9.90 Å². The molecule has 1 rings (SSSR count). The van der Waals surface area contributed by atoms with Gasteiger partial charge in [-0.25, -0.2) is 0 Å². The lowest BCUT2D eigenvalue weighted by atomic mass is 9.94. The number of carbonyl (C=O) groups is 1. The van der Waals surface area contributed by atoms with Gasteiger partial charge in [-0.1, -0.05) is 25.1 Å². The smallest absolute Gasteiger partial charge is 0.311 e. The number of para-hydroxylation sites is 1. The van der Waals surface area contributed by atoms with Crippen molar-refractivity contribution in [3.63, 3.8) is 0 Å². The van der Waals surface area contributed by atoms with Gasteiger partial charge in [-0.2, -0.15) is 0 Å². The highest BCUT2D eigenvalue weighted by molar-refractivity contribution is 5.79. The number of nitrogens with zero attached hydrogens (tertiary/aromatic N) is 1. The van der Waals surface area contributed by atoms with Gasteiger partial charge in [0.15, 0.2) is 0 Å². The molecule has 0 heterocycles. The Bertz CT molecular complexity index is 402. The molecule has 1 aromatic carbocycles. The molecule has 5 heteroatoms. The molecule has 0 aromatic heterocycles. The molecule has 0 aliphatic carbocycles. The van der Waals surface area contributed by atoms with E-state index in [-0.39, 0.29) is 13.2 Å². The van der Waals surface area contributed by atoms with Crippen LogP contribution >= 0.6 is 0 Å². The van der Waals surface area contributed by atoms with E-state index >= 15 is 0 Å². The van der Waals surface area contributed by atoms with Crippen LogP contribution in [0, 0.1) is 0 Å². The van der Waals surface area contributed by atoms with E-state index in [2.05, 4.69) is 0 Å². The van der Waals surface area contributed by atoms with Crippen LogP contribution in [-0.4, -0.2) is 47.6 Å². The molecule has 0 spiro atoms. The second-order valence-electron chi connectivity index (χ2n) is 4.29. The summed E-state index contributed by atoms with van der Waals surface area (Å²) in [7, 11) is 0. The van der Waals surface area contributed by atoms with Crippen LogP contribution in [0.4, 0.5) is 5.69 Å². The first kappa shape index (κ1) is 15.5. The van der Waals surface area contributed by atoms with Crippen molar-refractivity contribution in [3.8, 4) is 0 Å². The first-order valence-corrected chi connectivity index (χ1v) is 6.44. The third-order valence-corrected chi connectivity index (χ3v) is 3.10. The highest BCUT2D eigenvalue weighted by atomic mass is 16.4. The van der Waals surface area contributed by atoms with Crippen LogP contribution in [0.1, 0.15) is 24.8 Å². The van der Waals surface area contributed by atoms with Crippen LogP contribution in [0.5, 0.6) is 0 Å². The van der Waals surface area contributed by atoms with E-state index in [1.54, 1.807) is 17.0 Å². The van der Waals surface area contributed by atoms with Crippen molar-refractivity contribution >= 4 is 11.7 Å². The molecule has 1 atom stereocenters. The summed E-state index contributed by atoms with van der Waals surface area (Å²) >= 11 is 0. The summed E-state index contributed by atoms with van der Waals surface area (Å²) in [6.45, 7) is 2.48. The quantitative estimate of drug-likeness (QED) is 0.656. The fraction of sp³-hybridized carbons (Fsp3) is 0.500. The van der Waals surface area contributed by atoms with E-state index in [1.807, 2.05) is 19.1 Å². The monoisotopic (exact) mass is 267 g/mol. The molecular formula is C14H21NO4. The fourth-order valence-electron chi connectivity index (χ4n) is 2.19.